The van der Waals surface area contributed by atoms with Crippen LogP contribution in [0.1, 0.15) is 62.8 Å². The zero-order chi connectivity index (χ0) is 26.5. The maximum absolute atomic E-state index is 6.67. The summed E-state index contributed by atoms with van der Waals surface area (Å²) >= 11 is 0. The zero-order valence-electron chi connectivity index (χ0n) is 24.2. The van der Waals surface area contributed by atoms with E-state index in [2.05, 4.69) is 109 Å². The first kappa shape index (κ1) is 27.0. The van der Waals surface area contributed by atoms with E-state index in [0.717, 1.165) is 0 Å². The molecule has 194 valence electrons. The average Bonchev–Trinajstić information content (AvgIpc) is 3.42. The van der Waals surface area contributed by atoms with Gasteiger partial charge in [0.1, 0.15) is 12.4 Å². The molecule has 1 unspecified atom stereocenters. The quantitative estimate of drug-likeness (QED) is 0.281. The van der Waals surface area contributed by atoms with Gasteiger partial charge in [0.25, 0.3) is 0 Å². The van der Waals surface area contributed by atoms with E-state index < -0.39 is 16.1 Å². The Bertz CT molecular complexity index is 1180. The fourth-order valence-electron chi connectivity index (χ4n) is 6.41. The second kappa shape index (κ2) is 9.68. The van der Waals surface area contributed by atoms with Crippen molar-refractivity contribution < 1.29 is 4.74 Å². The summed E-state index contributed by atoms with van der Waals surface area (Å²) in [5.74, 6) is 1.17. The van der Waals surface area contributed by atoms with Crippen LogP contribution in [0.15, 0.2) is 54.6 Å². The lowest BCUT2D eigenvalue weighted by Gasteiger charge is -2.41. The van der Waals surface area contributed by atoms with Gasteiger partial charge < -0.3 is 9.64 Å². The van der Waals surface area contributed by atoms with Crippen LogP contribution in [0, 0.1) is 6.92 Å². The molecule has 0 amide bonds. The number of benzene rings is 2. The summed E-state index contributed by atoms with van der Waals surface area (Å²) in [6, 6.07) is 14.1. The van der Waals surface area contributed by atoms with Crippen LogP contribution in [0.5, 0.6) is 5.75 Å². The molecular weight excluding hydrogens is 471 g/mol. The number of fused-ring (bicyclic) bond motifs is 1. The van der Waals surface area contributed by atoms with Gasteiger partial charge in [-0.25, -0.2) is 0 Å². The Morgan fingerprint density at radius 2 is 1.61 bits per heavy atom. The summed E-state index contributed by atoms with van der Waals surface area (Å²) in [7, 11) is -3.91. The monoisotopic (exact) mass is 517 g/mol. The van der Waals surface area contributed by atoms with Crippen molar-refractivity contribution in [1.29, 1.82) is 0 Å². The molecule has 0 aromatic heterocycles. The number of rotatable bonds is 7. The molecule has 2 aromatic carbocycles. The Kier molecular flexibility index (Phi) is 7.26. The lowest BCUT2D eigenvalue weighted by molar-refractivity contribution is 0.368. The van der Waals surface area contributed by atoms with Crippen molar-refractivity contribution in [3.8, 4) is 5.75 Å². The average molecular weight is 518 g/mol. The van der Waals surface area contributed by atoms with Gasteiger partial charge >= 0.3 is 0 Å². The molecule has 0 saturated carbocycles. The smallest absolute Gasteiger partial charge is 0.118 e. The Hall–Kier alpha value is -2.05. The minimum Gasteiger partial charge on any atom is -0.490 e. The van der Waals surface area contributed by atoms with E-state index in [1.807, 2.05) is 6.08 Å². The van der Waals surface area contributed by atoms with Gasteiger partial charge in [-0.2, -0.15) is 0 Å². The third-order valence-corrected chi connectivity index (χ3v) is 18.7. The lowest BCUT2D eigenvalue weighted by Crippen LogP contribution is -2.55. The Morgan fingerprint density at radius 1 is 1.00 bits per heavy atom. The third-order valence-electron chi connectivity index (χ3n) is 9.30. The normalized spacial score (nSPS) is 18.6. The first-order valence-corrected chi connectivity index (χ1v) is 19.8. The Balaban J connectivity index is 1.95. The summed E-state index contributed by atoms with van der Waals surface area (Å²) in [6.07, 6.45) is 4.50. The van der Waals surface area contributed by atoms with Crippen molar-refractivity contribution in [1.82, 2.24) is 4.90 Å². The second-order valence-electron chi connectivity index (χ2n) is 13.1. The lowest BCUT2D eigenvalue weighted by atomic mass is 10.1. The van der Waals surface area contributed by atoms with Crippen molar-refractivity contribution in [2.24, 2.45) is 0 Å². The molecule has 2 aromatic rings. The van der Waals surface area contributed by atoms with Crippen LogP contribution < -0.4 is 15.1 Å². The first-order valence-electron chi connectivity index (χ1n) is 13.8. The standard InChI is InChI=1S/C32H47NOSi2/c1-11-20-34-30-27(21-23(2)22-28(30)36(9,10)32(4,5)6)35(7,8)31-24(3)29(33-18-14-15-19-33)25-16-12-13-17-26(25)31/h11-13,16-17,21-22,31H,1,14-15,18-20H2,2-10H3. The summed E-state index contributed by atoms with van der Waals surface area (Å²) in [5, 5.41) is 3.18. The van der Waals surface area contributed by atoms with Crippen LogP contribution in [-0.4, -0.2) is 40.7 Å². The van der Waals surface area contributed by atoms with Gasteiger partial charge in [0, 0.05) is 29.9 Å². The van der Waals surface area contributed by atoms with Crippen LogP contribution in [-0.2, 0) is 0 Å². The number of allylic oxidation sites excluding steroid dienone is 1. The highest BCUT2D eigenvalue weighted by Gasteiger charge is 2.47. The highest BCUT2D eigenvalue weighted by Crippen LogP contribution is 2.49. The second-order valence-corrected chi connectivity index (χ2v) is 23.0. The topological polar surface area (TPSA) is 12.5 Å². The number of hydrogen-bond donors (Lipinski definition) is 0. The molecular formula is C32H47NOSi2. The minimum atomic E-state index is -2.07. The molecule has 4 heteroatoms. The maximum atomic E-state index is 6.67. The molecule has 1 heterocycles. The van der Waals surface area contributed by atoms with Gasteiger partial charge in [-0.3, -0.25) is 0 Å². The molecule has 2 aliphatic rings. The molecule has 1 saturated heterocycles. The molecule has 0 spiro atoms. The largest absolute Gasteiger partial charge is 0.490 e. The fraction of sp³-hybridized carbons (Fsp3) is 0.500. The molecule has 36 heavy (non-hydrogen) atoms. The van der Waals surface area contributed by atoms with Gasteiger partial charge in [-0.05, 0) is 53.2 Å². The maximum Gasteiger partial charge on any atom is 0.118 e. The van der Waals surface area contributed by atoms with Crippen LogP contribution in [0.4, 0.5) is 0 Å². The van der Waals surface area contributed by atoms with E-state index in [1.165, 1.54) is 64.4 Å². The summed E-state index contributed by atoms with van der Waals surface area (Å²) < 4.78 is 6.67. The van der Waals surface area contributed by atoms with Gasteiger partial charge in [0.15, 0.2) is 0 Å². The molecule has 1 aliphatic heterocycles. The summed E-state index contributed by atoms with van der Waals surface area (Å²) in [5.41, 5.74) is 7.89. The third kappa shape index (κ3) is 4.45. The Labute approximate surface area is 222 Å². The summed E-state index contributed by atoms with van der Waals surface area (Å²) in [4.78, 5) is 2.66. The molecule has 1 aliphatic carbocycles. The first-order chi connectivity index (χ1) is 16.8. The van der Waals surface area contributed by atoms with Gasteiger partial charge in [0.2, 0.25) is 0 Å². The number of ether oxygens (including phenoxy) is 1. The molecule has 0 N–H and O–H groups in total. The highest BCUT2D eigenvalue weighted by molar-refractivity contribution is 6.95. The van der Waals surface area contributed by atoms with Crippen molar-refractivity contribution >= 4 is 32.2 Å². The van der Waals surface area contributed by atoms with E-state index in [-0.39, 0.29) is 5.04 Å². The van der Waals surface area contributed by atoms with Crippen LogP contribution in [0.3, 0.4) is 0 Å². The van der Waals surface area contributed by atoms with Gasteiger partial charge in [-0.15, -0.1) is 0 Å². The molecule has 2 nitrogen and oxygen atoms in total. The van der Waals surface area contributed by atoms with Crippen molar-refractivity contribution in [2.45, 2.75) is 84.2 Å². The minimum absolute atomic E-state index is 0.231. The zero-order valence-corrected chi connectivity index (χ0v) is 26.2. The SMILES string of the molecule is C=CCOc1c([Si](C)(C)C2C(C)=C(N3CCCC3)c3ccccc32)cc(C)cc1[Si](C)(C)C(C)(C)C. The van der Waals surface area contributed by atoms with E-state index in [9.17, 15) is 0 Å². The predicted octanol–water partition coefficient (Wildman–Crippen LogP) is 7.35. The molecule has 4 rings (SSSR count). The van der Waals surface area contributed by atoms with Crippen LogP contribution in [0.25, 0.3) is 5.70 Å². The number of hydrogen-bond acceptors (Lipinski definition) is 2. The fourth-order valence-corrected chi connectivity index (χ4v) is 12.7. The number of likely N-dealkylation sites (tertiary alicyclic amines) is 1. The highest BCUT2D eigenvalue weighted by atomic mass is 28.3. The predicted molar refractivity (Wildman–Crippen MR) is 163 cm³/mol. The molecule has 0 bridgehead atoms. The van der Waals surface area contributed by atoms with E-state index in [1.54, 1.807) is 5.57 Å². The number of aryl methyl sites for hydroxylation is 1. The van der Waals surface area contributed by atoms with Gasteiger partial charge in [0.05, 0.1) is 16.1 Å². The molecule has 0 radical (unpaired) electrons. The van der Waals surface area contributed by atoms with Gasteiger partial charge in [-0.1, -0.05) is 102 Å². The molecule has 1 atom stereocenters. The van der Waals surface area contributed by atoms with Crippen molar-refractivity contribution in [3.05, 3.63) is 71.3 Å². The van der Waals surface area contributed by atoms with Crippen molar-refractivity contribution in [2.75, 3.05) is 19.7 Å². The van der Waals surface area contributed by atoms with E-state index in [4.69, 9.17) is 4.74 Å². The van der Waals surface area contributed by atoms with Crippen LogP contribution in [0.2, 0.25) is 31.2 Å². The van der Waals surface area contributed by atoms with E-state index in [0.29, 0.717) is 12.1 Å². The van der Waals surface area contributed by atoms with Crippen molar-refractivity contribution in [3.63, 3.8) is 0 Å². The summed E-state index contributed by atoms with van der Waals surface area (Å²) in [6.45, 7) is 29.0. The van der Waals surface area contributed by atoms with E-state index >= 15 is 0 Å². The molecule has 1 fully saturated rings. The number of nitrogens with zero attached hydrogens (tertiary/aromatic N) is 1. The van der Waals surface area contributed by atoms with Crippen LogP contribution >= 0.6 is 0 Å². The Morgan fingerprint density at radius 3 is 2.22 bits per heavy atom.